The van der Waals surface area contributed by atoms with Crippen LogP contribution in [-0.4, -0.2) is 95.1 Å². The van der Waals surface area contributed by atoms with E-state index in [1.165, 1.54) is 38.8 Å². The summed E-state index contributed by atoms with van der Waals surface area (Å²) in [5.41, 5.74) is 0. The van der Waals surface area contributed by atoms with Gasteiger partial charge >= 0.3 is 0 Å². The van der Waals surface area contributed by atoms with E-state index in [1.54, 1.807) is 7.05 Å². The molecule has 0 aromatic carbocycles. The normalized spacial score (nSPS) is 22.3. The average molecular weight is 501 g/mol. The molecule has 2 aliphatic rings. The van der Waals surface area contributed by atoms with Gasteiger partial charge in [-0.05, 0) is 38.9 Å². The third-order valence-corrected chi connectivity index (χ3v) is 6.63. The quantitative estimate of drug-likeness (QED) is 0.232. The second-order valence-electron chi connectivity index (χ2n) is 7.03. The second-order valence-corrected chi connectivity index (χ2v) is 9.33. The molecular weight excluding hydrogens is 465 g/mol. The molecule has 0 aliphatic carbocycles. The lowest BCUT2D eigenvalue weighted by atomic mass is 10.2. The Morgan fingerprint density at radius 3 is 2.08 bits per heavy atom. The zero-order valence-electron chi connectivity index (χ0n) is 16.1. The van der Waals surface area contributed by atoms with Crippen molar-refractivity contribution in [1.82, 2.24) is 20.4 Å². The van der Waals surface area contributed by atoms with Crippen molar-refractivity contribution >= 4 is 39.8 Å². The molecule has 0 aromatic rings. The predicted molar refractivity (Wildman–Crippen MR) is 119 cm³/mol. The fourth-order valence-corrected chi connectivity index (χ4v) is 4.67. The van der Waals surface area contributed by atoms with Crippen molar-refractivity contribution in [2.75, 3.05) is 70.9 Å². The standard InChI is InChI=1S/C17H35N5O2S.HI/c1-18-17(19-7-6-11-21-9-4-2-3-5-10-21)20-8-12-22-13-15-25(23,24)16-14-22;/h2-16H2,1H3,(H2,18,19,20);1H. The van der Waals surface area contributed by atoms with Gasteiger partial charge in [0.1, 0.15) is 0 Å². The smallest absolute Gasteiger partial charge is 0.191 e. The first-order valence-corrected chi connectivity index (χ1v) is 11.5. The highest BCUT2D eigenvalue weighted by Crippen LogP contribution is 2.09. The molecule has 0 unspecified atom stereocenters. The molecular formula is C17H36IN5O2S. The van der Waals surface area contributed by atoms with Gasteiger partial charge in [-0.1, -0.05) is 12.8 Å². The molecule has 2 N–H and O–H groups in total. The Hall–Kier alpha value is -0.130. The van der Waals surface area contributed by atoms with E-state index in [9.17, 15) is 8.42 Å². The lowest BCUT2D eigenvalue weighted by molar-refractivity contribution is 0.281. The monoisotopic (exact) mass is 501 g/mol. The molecule has 0 aromatic heterocycles. The van der Waals surface area contributed by atoms with Crippen LogP contribution in [0.5, 0.6) is 0 Å². The van der Waals surface area contributed by atoms with Crippen LogP contribution < -0.4 is 10.6 Å². The largest absolute Gasteiger partial charge is 0.356 e. The molecule has 0 bridgehead atoms. The van der Waals surface area contributed by atoms with Crippen LogP contribution >= 0.6 is 24.0 Å². The van der Waals surface area contributed by atoms with Crippen molar-refractivity contribution in [2.24, 2.45) is 4.99 Å². The van der Waals surface area contributed by atoms with Crippen molar-refractivity contribution in [1.29, 1.82) is 0 Å². The van der Waals surface area contributed by atoms with E-state index in [1.807, 2.05) is 0 Å². The zero-order valence-corrected chi connectivity index (χ0v) is 19.2. The highest BCUT2D eigenvalue weighted by molar-refractivity contribution is 14.0. The third kappa shape index (κ3) is 9.70. The number of sulfone groups is 1. The number of halogens is 1. The number of rotatable bonds is 7. The first-order chi connectivity index (χ1) is 12.1. The molecule has 0 radical (unpaired) electrons. The number of guanidine groups is 1. The van der Waals surface area contributed by atoms with Crippen molar-refractivity contribution < 1.29 is 8.42 Å². The molecule has 2 aliphatic heterocycles. The van der Waals surface area contributed by atoms with Crippen LogP contribution in [0, 0.1) is 0 Å². The summed E-state index contributed by atoms with van der Waals surface area (Å²) in [5, 5.41) is 6.69. The topological polar surface area (TPSA) is 77.0 Å². The van der Waals surface area contributed by atoms with E-state index in [-0.39, 0.29) is 35.5 Å². The Kier molecular flexibility index (Phi) is 12.1. The van der Waals surface area contributed by atoms with Crippen LogP contribution in [0.3, 0.4) is 0 Å². The van der Waals surface area contributed by atoms with E-state index in [4.69, 9.17) is 0 Å². The summed E-state index contributed by atoms with van der Waals surface area (Å²) in [6.45, 7) is 7.51. The average Bonchev–Trinajstić information content (AvgIpc) is 2.87. The number of likely N-dealkylation sites (tertiary alicyclic amines) is 1. The molecule has 0 atom stereocenters. The predicted octanol–water partition coefficient (Wildman–Crippen LogP) is 0.766. The summed E-state index contributed by atoms with van der Waals surface area (Å²) in [7, 11) is -1.00. The second kappa shape index (κ2) is 13.1. The zero-order chi connectivity index (χ0) is 18.0. The Morgan fingerprint density at radius 1 is 0.885 bits per heavy atom. The summed E-state index contributed by atoms with van der Waals surface area (Å²) in [6.07, 6.45) is 6.58. The van der Waals surface area contributed by atoms with Gasteiger partial charge in [0.05, 0.1) is 11.5 Å². The summed E-state index contributed by atoms with van der Waals surface area (Å²) < 4.78 is 22.9. The van der Waals surface area contributed by atoms with E-state index in [2.05, 4.69) is 25.4 Å². The van der Waals surface area contributed by atoms with Crippen LogP contribution in [0.2, 0.25) is 0 Å². The van der Waals surface area contributed by atoms with Gasteiger partial charge in [-0.25, -0.2) is 8.42 Å². The minimum absolute atomic E-state index is 0. The Labute approximate surface area is 176 Å². The number of hydrogen-bond donors (Lipinski definition) is 2. The van der Waals surface area contributed by atoms with Crippen LogP contribution in [-0.2, 0) is 9.84 Å². The molecule has 2 rings (SSSR count). The molecule has 0 amide bonds. The van der Waals surface area contributed by atoms with Gasteiger partial charge in [-0.3, -0.25) is 9.89 Å². The summed E-state index contributed by atoms with van der Waals surface area (Å²) in [6, 6.07) is 0. The molecule has 9 heteroatoms. The maximum Gasteiger partial charge on any atom is 0.191 e. The minimum Gasteiger partial charge on any atom is -0.356 e. The molecule has 26 heavy (non-hydrogen) atoms. The van der Waals surface area contributed by atoms with Crippen LogP contribution in [0.1, 0.15) is 32.1 Å². The number of nitrogens with zero attached hydrogens (tertiary/aromatic N) is 3. The number of hydrogen-bond acceptors (Lipinski definition) is 5. The van der Waals surface area contributed by atoms with Crippen molar-refractivity contribution in [2.45, 2.75) is 32.1 Å². The maximum absolute atomic E-state index is 11.4. The van der Waals surface area contributed by atoms with E-state index in [0.29, 0.717) is 13.1 Å². The first kappa shape index (κ1) is 23.9. The molecule has 2 heterocycles. The van der Waals surface area contributed by atoms with Crippen LogP contribution in [0.15, 0.2) is 4.99 Å². The van der Waals surface area contributed by atoms with Gasteiger partial charge in [0.15, 0.2) is 15.8 Å². The summed E-state index contributed by atoms with van der Waals surface area (Å²) in [5.74, 6) is 1.41. The molecule has 0 saturated carbocycles. The number of aliphatic imine (C=N–C) groups is 1. The van der Waals surface area contributed by atoms with Gasteiger partial charge in [-0.2, -0.15) is 0 Å². The molecule has 2 saturated heterocycles. The van der Waals surface area contributed by atoms with Crippen LogP contribution in [0.4, 0.5) is 0 Å². The SMILES string of the molecule is CN=C(NCCCN1CCCCCC1)NCCN1CCS(=O)(=O)CC1.I. The maximum atomic E-state index is 11.4. The Balaban J connectivity index is 0.00000338. The van der Waals surface area contributed by atoms with Crippen molar-refractivity contribution in [3.05, 3.63) is 0 Å². The fraction of sp³-hybridized carbons (Fsp3) is 0.941. The van der Waals surface area contributed by atoms with E-state index >= 15 is 0 Å². The summed E-state index contributed by atoms with van der Waals surface area (Å²) >= 11 is 0. The lowest BCUT2D eigenvalue weighted by Crippen LogP contribution is -2.46. The van der Waals surface area contributed by atoms with Gasteiger partial charge in [0.25, 0.3) is 0 Å². The fourth-order valence-electron chi connectivity index (χ4n) is 3.40. The number of nitrogens with one attached hydrogen (secondary N) is 2. The molecule has 154 valence electrons. The van der Waals surface area contributed by atoms with Crippen molar-refractivity contribution in [3.8, 4) is 0 Å². The van der Waals surface area contributed by atoms with Gasteiger partial charge in [0.2, 0.25) is 0 Å². The molecule has 7 nitrogen and oxygen atoms in total. The third-order valence-electron chi connectivity index (χ3n) is 5.02. The highest BCUT2D eigenvalue weighted by atomic mass is 127. The van der Waals surface area contributed by atoms with Gasteiger partial charge < -0.3 is 15.5 Å². The van der Waals surface area contributed by atoms with E-state index < -0.39 is 9.84 Å². The lowest BCUT2D eigenvalue weighted by Gasteiger charge is -2.26. The highest BCUT2D eigenvalue weighted by Gasteiger charge is 2.20. The van der Waals surface area contributed by atoms with E-state index in [0.717, 1.165) is 38.6 Å². The summed E-state index contributed by atoms with van der Waals surface area (Å²) in [4.78, 5) is 9.03. The first-order valence-electron chi connectivity index (χ1n) is 9.69. The molecule has 2 fully saturated rings. The van der Waals surface area contributed by atoms with Crippen molar-refractivity contribution in [3.63, 3.8) is 0 Å². The Bertz CT molecular complexity index is 493. The van der Waals surface area contributed by atoms with Crippen LogP contribution in [0.25, 0.3) is 0 Å². The minimum atomic E-state index is -2.79. The Morgan fingerprint density at radius 2 is 1.46 bits per heavy atom. The van der Waals surface area contributed by atoms with Gasteiger partial charge in [0, 0.05) is 39.8 Å². The molecule has 0 spiro atoms. The van der Waals surface area contributed by atoms with Gasteiger partial charge in [-0.15, -0.1) is 24.0 Å².